The van der Waals surface area contributed by atoms with Gasteiger partial charge in [-0.25, -0.2) is 4.68 Å². The molecular formula is C25H27F3N6OS. The summed E-state index contributed by atoms with van der Waals surface area (Å²) in [6.07, 6.45) is -4.78. The second-order valence-electron chi connectivity index (χ2n) is 9.07. The lowest BCUT2D eigenvalue weighted by Gasteiger charge is -2.33. The Morgan fingerprint density at radius 3 is 2.50 bits per heavy atom. The van der Waals surface area contributed by atoms with E-state index < -0.39 is 24.2 Å². The van der Waals surface area contributed by atoms with E-state index in [9.17, 15) is 18.0 Å². The van der Waals surface area contributed by atoms with E-state index in [1.165, 1.54) is 6.07 Å². The van der Waals surface area contributed by atoms with Gasteiger partial charge in [0, 0.05) is 18.2 Å². The Morgan fingerprint density at radius 1 is 1.14 bits per heavy atom. The minimum Gasteiger partial charge on any atom is -0.363 e. The van der Waals surface area contributed by atoms with Crippen molar-refractivity contribution < 1.29 is 18.0 Å². The topological polar surface area (TPSA) is 83.0 Å². The summed E-state index contributed by atoms with van der Waals surface area (Å²) in [6.45, 7) is 6.04. The van der Waals surface area contributed by atoms with Crippen molar-refractivity contribution in [3.8, 4) is 0 Å². The van der Waals surface area contributed by atoms with Gasteiger partial charge in [0.15, 0.2) is 16.8 Å². The van der Waals surface area contributed by atoms with Crippen LogP contribution in [0.1, 0.15) is 65.4 Å². The zero-order valence-electron chi connectivity index (χ0n) is 20.0. The highest BCUT2D eigenvalue weighted by atomic mass is 32.1. The van der Waals surface area contributed by atoms with E-state index in [0.717, 1.165) is 27.1 Å². The van der Waals surface area contributed by atoms with Gasteiger partial charge in [0.05, 0.1) is 6.04 Å². The number of rotatable bonds is 4. The summed E-state index contributed by atoms with van der Waals surface area (Å²) in [7, 11) is 0. The molecule has 1 aliphatic rings. The number of amides is 1. The maximum atomic E-state index is 14.0. The number of thiocarbonyl (C=S) groups is 1. The van der Waals surface area contributed by atoms with Crippen molar-refractivity contribution in [2.24, 2.45) is 0 Å². The van der Waals surface area contributed by atoms with Crippen LogP contribution in [0.2, 0.25) is 0 Å². The largest absolute Gasteiger partial charge is 0.410 e. The molecule has 190 valence electrons. The maximum Gasteiger partial charge on any atom is 0.410 e. The number of halogens is 3. The average molecular weight is 517 g/mol. The minimum absolute atomic E-state index is 0.118. The smallest absolute Gasteiger partial charge is 0.363 e. The summed E-state index contributed by atoms with van der Waals surface area (Å²) in [5, 5.41) is 10.1. The van der Waals surface area contributed by atoms with Crippen molar-refractivity contribution in [1.29, 1.82) is 0 Å². The van der Waals surface area contributed by atoms with Crippen LogP contribution in [0.3, 0.4) is 0 Å². The molecule has 1 aromatic heterocycles. The summed E-state index contributed by atoms with van der Waals surface area (Å²) in [5.41, 5.74) is 8.35. The van der Waals surface area contributed by atoms with E-state index in [4.69, 9.17) is 12.2 Å². The normalized spacial score (nSPS) is 17.2. The van der Waals surface area contributed by atoms with E-state index in [1.807, 2.05) is 55.5 Å². The van der Waals surface area contributed by atoms with Gasteiger partial charge in [-0.05, 0) is 53.9 Å². The first kappa shape index (κ1) is 25.5. The molecule has 0 bridgehead atoms. The molecule has 2 aromatic carbocycles. The Bertz CT molecular complexity index is 1260. The number of hydrogen-bond acceptors (Lipinski definition) is 4. The summed E-state index contributed by atoms with van der Waals surface area (Å²) < 4.78 is 42.7. The van der Waals surface area contributed by atoms with E-state index in [2.05, 4.69) is 40.4 Å². The molecule has 2 atom stereocenters. The molecule has 0 spiro atoms. The quantitative estimate of drug-likeness (QED) is 0.267. The van der Waals surface area contributed by atoms with Crippen LogP contribution in [0.25, 0.3) is 0 Å². The predicted molar refractivity (Wildman–Crippen MR) is 137 cm³/mol. The van der Waals surface area contributed by atoms with Crippen LogP contribution in [0.5, 0.6) is 0 Å². The summed E-state index contributed by atoms with van der Waals surface area (Å²) in [4.78, 5) is 12.6. The first-order valence-corrected chi connectivity index (χ1v) is 11.9. The van der Waals surface area contributed by atoms with Crippen molar-refractivity contribution in [2.45, 2.75) is 51.4 Å². The van der Waals surface area contributed by atoms with Gasteiger partial charge in [-0.2, -0.15) is 18.3 Å². The Hall–Kier alpha value is -3.60. The number of nitrogens with zero attached hydrogens (tertiary/aromatic N) is 2. The lowest BCUT2D eigenvalue weighted by atomic mass is 9.94. The first-order chi connectivity index (χ1) is 17.0. The molecule has 2 unspecified atom stereocenters. The number of hydrogen-bond donors (Lipinski definition) is 4. The minimum atomic E-state index is -4.54. The van der Waals surface area contributed by atoms with Crippen LogP contribution in [0.15, 0.2) is 54.6 Å². The first-order valence-electron chi connectivity index (χ1n) is 11.5. The molecule has 0 saturated carbocycles. The Morgan fingerprint density at radius 2 is 1.86 bits per heavy atom. The standard InChI is InChI=1S/C25H27F3N6OS/c1-14(2)16-7-9-17(10-8-16)19-12-21(25(26,27)28)34-22(30-19)13-20(33-34)23(35)31-32-24(36)29-18-6-4-5-15(3)11-18/h4-11,13-14,19,21,30H,12H2,1-3H3,(H,31,35)(H2,29,32,36). The van der Waals surface area contributed by atoms with Crippen LogP contribution in [0.4, 0.5) is 24.7 Å². The third kappa shape index (κ3) is 5.78. The number of carbonyl (C=O) groups is 1. The van der Waals surface area contributed by atoms with Gasteiger partial charge >= 0.3 is 6.18 Å². The van der Waals surface area contributed by atoms with E-state index in [1.54, 1.807) is 0 Å². The van der Waals surface area contributed by atoms with Crippen LogP contribution in [-0.2, 0) is 0 Å². The van der Waals surface area contributed by atoms with Crippen LogP contribution in [0, 0.1) is 6.92 Å². The van der Waals surface area contributed by atoms with Gasteiger partial charge in [0.1, 0.15) is 5.82 Å². The number of fused-ring (bicyclic) bond motifs is 1. The molecule has 11 heteroatoms. The predicted octanol–water partition coefficient (Wildman–Crippen LogP) is 5.61. The molecule has 0 aliphatic carbocycles. The van der Waals surface area contributed by atoms with Gasteiger partial charge < -0.3 is 10.6 Å². The molecule has 1 amide bonds. The number of carbonyl (C=O) groups excluding carboxylic acids is 1. The Balaban J connectivity index is 1.48. The molecule has 4 N–H and O–H groups in total. The second kappa shape index (κ2) is 10.2. The van der Waals surface area contributed by atoms with Gasteiger partial charge in [-0.3, -0.25) is 15.6 Å². The van der Waals surface area contributed by atoms with Crippen molar-refractivity contribution in [3.05, 3.63) is 77.0 Å². The second-order valence-corrected chi connectivity index (χ2v) is 9.48. The number of alkyl halides is 3. The SMILES string of the molecule is Cc1cccc(NC(=S)NNC(=O)c2cc3n(n2)C(C(F)(F)F)CC(c2ccc(C(C)C)cc2)N3)c1. The molecule has 36 heavy (non-hydrogen) atoms. The monoisotopic (exact) mass is 516 g/mol. The molecule has 0 radical (unpaired) electrons. The van der Waals surface area contributed by atoms with Crippen molar-refractivity contribution >= 4 is 34.7 Å². The van der Waals surface area contributed by atoms with E-state index >= 15 is 0 Å². The molecular weight excluding hydrogens is 489 g/mol. The molecule has 0 fully saturated rings. The number of hydrazine groups is 1. The molecule has 1 aliphatic heterocycles. The Labute approximate surface area is 212 Å². The summed E-state index contributed by atoms with van der Waals surface area (Å²) >= 11 is 5.17. The summed E-state index contributed by atoms with van der Waals surface area (Å²) in [5.74, 6) is -0.282. The number of nitrogens with one attached hydrogen (secondary N) is 4. The van der Waals surface area contributed by atoms with E-state index in [0.29, 0.717) is 5.92 Å². The van der Waals surface area contributed by atoms with Crippen LogP contribution >= 0.6 is 12.2 Å². The highest BCUT2D eigenvalue weighted by Gasteiger charge is 2.46. The lowest BCUT2D eigenvalue weighted by molar-refractivity contribution is -0.173. The van der Waals surface area contributed by atoms with Crippen molar-refractivity contribution in [1.82, 2.24) is 20.6 Å². The van der Waals surface area contributed by atoms with Crippen molar-refractivity contribution in [3.63, 3.8) is 0 Å². The van der Waals surface area contributed by atoms with Gasteiger partial charge in [0.25, 0.3) is 5.91 Å². The molecule has 0 saturated heterocycles. The van der Waals surface area contributed by atoms with Gasteiger partial charge in [0.2, 0.25) is 0 Å². The number of aromatic nitrogens is 2. The maximum absolute atomic E-state index is 14.0. The zero-order chi connectivity index (χ0) is 26.0. The molecule has 7 nitrogen and oxygen atoms in total. The van der Waals surface area contributed by atoms with Crippen molar-refractivity contribution in [2.75, 3.05) is 10.6 Å². The summed E-state index contributed by atoms with van der Waals surface area (Å²) in [6, 6.07) is 13.8. The molecule has 4 rings (SSSR count). The molecule has 2 heterocycles. The fourth-order valence-electron chi connectivity index (χ4n) is 4.08. The average Bonchev–Trinajstić information content (AvgIpc) is 3.25. The number of aryl methyl sites for hydroxylation is 1. The third-order valence-electron chi connectivity index (χ3n) is 5.99. The van der Waals surface area contributed by atoms with E-state index in [-0.39, 0.29) is 23.0 Å². The third-order valence-corrected chi connectivity index (χ3v) is 6.20. The van der Waals surface area contributed by atoms with Gasteiger partial charge in [-0.1, -0.05) is 50.2 Å². The zero-order valence-corrected chi connectivity index (χ0v) is 20.8. The number of anilines is 2. The highest BCUT2D eigenvalue weighted by Crippen LogP contribution is 2.43. The highest BCUT2D eigenvalue weighted by molar-refractivity contribution is 7.80. The van der Waals surface area contributed by atoms with Crippen LogP contribution in [-0.4, -0.2) is 27.0 Å². The lowest BCUT2D eigenvalue weighted by Crippen LogP contribution is -2.44. The van der Waals surface area contributed by atoms with Gasteiger partial charge in [-0.15, -0.1) is 0 Å². The van der Waals surface area contributed by atoms with Crippen LogP contribution < -0.4 is 21.5 Å². The number of benzene rings is 2. The fourth-order valence-corrected chi connectivity index (χ4v) is 4.25. The fraction of sp³-hybridized carbons (Fsp3) is 0.320. The molecule has 3 aromatic rings. The Kier molecular flexibility index (Phi) is 7.21.